The molecule has 0 spiro atoms. The van der Waals surface area contributed by atoms with Crippen molar-refractivity contribution in [3.05, 3.63) is 29.6 Å². The van der Waals surface area contributed by atoms with Crippen LogP contribution in [0, 0.1) is 0 Å². The number of aromatic nitrogens is 2. The molecule has 1 aliphatic rings. The van der Waals surface area contributed by atoms with Gasteiger partial charge in [0, 0.05) is 19.5 Å². The van der Waals surface area contributed by atoms with E-state index in [1.54, 1.807) is 0 Å². The van der Waals surface area contributed by atoms with Crippen LogP contribution in [0.2, 0.25) is 0 Å². The summed E-state index contributed by atoms with van der Waals surface area (Å²) in [5.74, 6) is 1.95. The van der Waals surface area contributed by atoms with E-state index in [-0.39, 0.29) is 0 Å². The van der Waals surface area contributed by atoms with Gasteiger partial charge in [-0.05, 0) is 37.6 Å². The quantitative estimate of drug-likeness (QED) is 0.914. The van der Waals surface area contributed by atoms with Crippen molar-refractivity contribution in [2.45, 2.75) is 44.6 Å². The predicted molar refractivity (Wildman–Crippen MR) is 79.3 cm³/mol. The zero-order valence-corrected chi connectivity index (χ0v) is 11.9. The molecule has 2 aromatic rings. The van der Waals surface area contributed by atoms with E-state index in [0.717, 1.165) is 12.1 Å². The Balaban J connectivity index is 1.98. The van der Waals surface area contributed by atoms with E-state index >= 15 is 0 Å². The first-order chi connectivity index (χ1) is 9.29. The normalized spacial score (nSPS) is 17.2. The minimum Gasteiger partial charge on any atom is -0.331 e. The maximum absolute atomic E-state index is 4.91. The van der Waals surface area contributed by atoms with E-state index in [2.05, 4.69) is 35.1 Å². The van der Waals surface area contributed by atoms with Crippen LogP contribution in [0.3, 0.4) is 0 Å². The second-order valence-electron chi connectivity index (χ2n) is 5.72. The van der Waals surface area contributed by atoms with Crippen LogP contribution in [-0.2, 0) is 13.6 Å². The second kappa shape index (κ2) is 5.33. The topological polar surface area (TPSA) is 29.9 Å². The van der Waals surface area contributed by atoms with Gasteiger partial charge < -0.3 is 9.88 Å². The van der Waals surface area contributed by atoms with Gasteiger partial charge >= 0.3 is 0 Å². The van der Waals surface area contributed by atoms with E-state index in [0.29, 0.717) is 5.92 Å². The fourth-order valence-electron chi connectivity index (χ4n) is 3.30. The zero-order chi connectivity index (χ0) is 13.2. The summed E-state index contributed by atoms with van der Waals surface area (Å²) in [6.07, 6.45) is 6.73. The van der Waals surface area contributed by atoms with Gasteiger partial charge in [-0.15, -0.1) is 0 Å². The highest BCUT2D eigenvalue weighted by molar-refractivity contribution is 5.77. The Kier molecular flexibility index (Phi) is 3.56. The van der Waals surface area contributed by atoms with Crippen molar-refractivity contribution < 1.29 is 0 Å². The molecule has 3 nitrogen and oxygen atoms in total. The molecule has 1 N–H and O–H groups in total. The second-order valence-corrected chi connectivity index (χ2v) is 5.72. The predicted octanol–water partition coefficient (Wildman–Crippen LogP) is 3.34. The summed E-state index contributed by atoms with van der Waals surface area (Å²) >= 11 is 0. The Labute approximate surface area is 115 Å². The maximum Gasteiger partial charge on any atom is 0.112 e. The molecule has 1 saturated carbocycles. The highest BCUT2D eigenvalue weighted by atomic mass is 15.1. The van der Waals surface area contributed by atoms with Crippen LogP contribution >= 0.6 is 0 Å². The SMILES string of the molecule is CNCc1ccc2c(c1)nc(C1CCCCC1)n2C. The summed E-state index contributed by atoms with van der Waals surface area (Å²) in [6, 6.07) is 6.63. The molecule has 0 radical (unpaired) electrons. The summed E-state index contributed by atoms with van der Waals surface area (Å²) in [5, 5.41) is 3.20. The minimum atomic E-state index is 0.666. The molecule has 0 amide bonds. The summed E-state index contributed by atoms with van der Waals surface area (Å²) in [7, 11) is 4.15. The number of imidazole rings is 1. The van der Waals surface area contributed by atoms with Crippen LogP contribution in [0.15, 0.2) is 18.2 Å². The summed E-state index contributed by atoms with van der Waals surface area (Å²) in [6.45, 7) is 0.908. The largest absolute Gasteiger partial charge is 0.331 e. The van der Waals surface area contributed by atoms with Crippen molar-refractivity contribution in [2.75, 3.05) is 7.05 Å². The number of benzene rings is 1. The smallest absolute Gasteiger partial charge is 0.112 e. The molecular formula is C16H23N3. The Morgan fingerprint density at radius 2 is 2.05 bits per heavy atom. The molecule has 1 aromatic carbocycles. The van der Waals surface area contributed by atoms with Crippen molar-refractivity contribution in [1.82, 2.24) is 14.9 Å². The Hall–Kier alpha value is -1.35. The van der Waals surface area contributed by atoms with Crippen molar-refractivity contribution in [1.29, 1.82) is 0 Å². The monoisotopic (exact) mass is 257 g/mol. The van der Waals surface area contributed by atoms with Crippen molar-refractivity contribution >= 4 is 11.0 Å². The van der Waals surface area contributed by atoms with E-state index in [4.69, 9.17) is 4.98 Å². The minimum absolute atomic E-state index is 0.666. The number of nitrogens with one attached hydrogen (secondary N) is 1. The summed E-state index contributed by atoms with van der Waals surface area (Å²) < 4.78 is 2.30. The first-order valence-electron chi connectivity index (χ1n) is 7.39. The van der Waals surface area contributed by atoms with Gasteiger partial charge in [-0.25, -0.2) is 4.98 Å². The van der Waals surface area contributed by atoms with Gasteiger partial charge in [0.25, 0.3) is 0 Å². The first kappa shape index (κ1) is 12.7. The van der Waals surface area contributed by atoms with Crippen LogP contribution in [-0.4, -0.2) is 16.6 Å². The lowest BCUT2D eigenvalue weighted by Gasteiger charge is -2.20. The van der Waals surface area contributed by atoms with Gasteiger partial charge in [-0.2, -0.15) is 0 Å². The maximum atomic E-state index is 4.91. The number of nitrogens with zero attached hydrogens (tertiary/aromatic N) is 2. The van der Waals surface area contributed by atoms with Gasteiger partial charge in [0.15, 0.2) is 0 Å². The van der Waals surface area contributed by atoms with Gasteiger partial charge in [-0.3, -0.25) is 0 Å². The van der Waals surface area contributed by atoms with Crippen LogP contribution in [0.1, 0.15) is 49.4 Å². The molecule has 19 heavy (non-hydrogen) atoms. The molecule has 1 aromatic heterocycles. The van der Waals surface area contributed by atoms with E-state index in [1.165, 1.54) is 49.0 Å². The first-order valence-corrected chi connectivity index (χ1v) is 7.39. The van der Waals surface area contributed by atoms with Gasteiger partial charge in [0.1, 0.15) is 5.82 Å². The Bertz CT molecular complexity index is 565. The number of aryl methyl sites for hydroxylation is 1. The van der Waals surface area contributed by atoms with Gasteiger partial charge in [0.2, 0.25) is 0 Å². The lowest BCUT2D eigenvalue weighted by Crippen LogP contribution is -2.09. The highest BCUT2D eigenvalue weighted by Crippen LogP contribution is 2.33. The third-order valence-electron chi connectivity index (χ3n) is 4.33. The number of fused-ring (bicyclic) bond motifs is 1. The number of hydrogen-bond acceptors (Lipinski definition) is 2. The molecule has 0 saturated heterocycles. The number of rotatable bonds is 3. The average Bonchev–Trinajstić information content (AvgIpc) is 2.77. The number of hydrogen-bond donors (Lipinski definition) is 1. The third-order valence-corrected chi connectivity index (χ3v) is 4.33. The van der Waals surface area contributed by atoms with Crippen LogP contribution in [0.25, 0.3) is 11.0 Å². The molecule has 0 aliphatic heterocycles. The fraction of sp³-hybridized carbons (Fsp3) is 0.562. The zero-order valence-electron chi connectivity index (χ0n) is 11.9. The summed E-state index contributed by atoms with van der Waals surface area (Å²) in [4.78, 5) is 4.91. The lowest BCUT2D eigenvalue weighted by molar-refractivity contribution is 0.423. The molecular weight excluding hydrogens is 234 g/mol. The van der Waals surface area contributed by atoms with Crippen LogP contribution in [0.5, 0.6) is 0 Å². The lowest BCUT2D eigenvalue weighted by atomic mass is 9.89. The van der Waals surface area contributed by atoms with E-state index in [9.17, 15) is 0 Å². The van der Waals surface area contributed by atoms with Crippen molar-refractivity contribution in [3.8, 4) is 0 Å². The van der Waals surface area contributed by atoms with Crippen molar-refractivity contribution in [3.63, 3.8) is 0 Å². The van der Waals surface area contributed by atoms with Gasteiger partial charge in [-0.1, -0.05) is 25.3 Å². The standard InChI is InChI=1S/C16H23N3/c1-17-11-12-8-9-15-14(10-12)18-16(19(15)2)13-6-4-3-5-7-13/h8-10,13,17H,3-7,11H2,1-2H3. The molecule has 0 atom stereocenters. The third kappa shape index (κ3) is 2.39. The molecule has 1 aliphatic carbocycles. The Morgan fingerprint density at radius 3 is 2.79 bits per heavy atom. The van der Waals surface area contributed by atoms with Crippen molar-refractivity contribution in [2.24, 2.45) is 7.05 Å². The molecule has 1 fully saturated rings. The van der Waals surface area contributed by atoms with E-state index in [1.807, 2.05) is 7.05 Å². The molecule has 3 heteroatoms. The Morgan fingerprint density at radius 1 is 1.26 bits per heavy atom. The summed E-state index contributed by atoms with van der Waals surface area (Å²) in [5.41, 5.74) is 3.72. The van der Waals surface area contributed by atoms with Crippen LogP contribution < -0.4 is 5.32 Å². The molecule has 0 bridgehead atoms. The van der Waals surface area contributed by atoms with Crippen LogP contribution in [0.4, 0.5) is 0 Å². The molecule has 1 heterocycles. The molecule has 0 unspecified atom stereocenters. The molecule has 3 rings (SSSR count). The van der Waals surface area contributed by atoms with Gasteiger partial charge in [0.05, 0.1) is 11.0 Å². The highest BCUT2D eigenvalue weighted by Gasteiger charge is 2.20. The molecule has 102 valence electrons. The van der Waals surface area contributed by atoms with E-state index < -0.39 is 0 Å². The average molecular weight is 257 g/mol. The fourth-order valence-corrected chi connectivity index (χ4v) is 3.30.